The van der Waals surface area contributed by atoms with Crippen LogP contribution in [-0.2, 0) is 9.53 Å². The smallest absolute Gasteiger partial charge is 0.437 e. The number of carbonyl (C=O) groups is 2. The van der Waals surface area contributed by atoms with Gasteiger partial charge in [0.05, 0.1) is 7.11 Å². The topological polar surface area (TPSA) is 61.8 Å². The first-order chi connectivity index (χ1) is 12.1. The molecule has 0 spiro atoms. The summed E-state index contributed by atoms with van der Waals surface area (Å²) in [4.78, 5) is 23.7. The number of methoxy groups -OCH3 is 1. The molecule has 0 heterocycles. The maximum atomic E-state index is 11.9. The highest BCUT2D eigenvalue weighted by Crippen LogP contribution is 2.58. The zero-order valence-electron chi connectivity index (χ0n) is 13.7. The molecule has 126 valence electrons. The Morgan fingerprint density at radius 2 is 1.60 bits per heavy atom. The van der Waals surface area contributed by atoms with Crippen LogP contribution in [-0.4, -0.2) is 19.2 Å². The van der Waals surface area contributed by atoms with Crippen LogP contribution in [0.2, 0.25) is 0 Å². The summed E-state index contributed by atoms with van der Waals surface area (Å²) in [5.41, 5.74) is 1.80. The first kappa shape index (κ1) is 15.4. The number of carbonyl (C=O) groups excluding carboxylic acids is 2. The van der Waals surface area contributed by atoms with Crippen LogP contribution in [0.5, 0.6) is 11.5 Å². The van der Waals surface area contributed by atoms with Crippen molar-refractivity contribution in [3.63, 3.8) is 0 Å². The zero-order chi connectivity index (χ0) is 17.6. The van der Waals surface area contributed by atoms with E-state index in [1.807, 2.05) is 24.3 Å². The number of allylic oxidation sites excluding steroid dienone is 2. The van der Waals surface area contributed by atoms with Crippen LogP contribution in [0, 0.1) is 0 Å². The predicted molar refractivity (Wildman–Crippen MR) is 92.1 cm³/mol. The Morgan fingerprint density at radius 3 is 2.12 bits per heavy atom. The Labute approximate surface area is 144 Å². The lowest BCUT2D eigenvalue weighted by molar-refractivity contribution is -0.128. The highest BCUT2D eigenvalue weighted by atomic mass is 16.7. The van der Waals surface area contributed by atoms with E-state index in [4.69, 9.17) is 9.47 Å². The molecule has 2 aliphatic rings. The van der Waals surface area contributed by atoms with E-state index >= 15 is 0 Å². The second kappa shape index (κ2) is 5.77. The Bertz CT molecular complexity index is 941. The van der Waals surface area contributed by atoms with E-state index in [1.165, 1.54) is 7.11 Å². The summed E-state index contributed by atoms with van der Waals surface area (Å²) in [6.45, 7) is 3.47. The SMILES string of the molecule is C=CC(=O)Oc1c2c(c(OC(=O)OC)c3ccccc13)C1C=CC2C1. The second-order valence-electron chi connectivity index (χ2n) is 6.05. The number of rotatable bonds is 3. The maximum Gasteiger partial charge on any atom is 0.513 e. The number of ether oxygens (including phenoxy) is 3. The van der Waals surface area contributed by atoms with Gasteiger partial charge in [-0.1, -0.05) is 43.0 Å². The van der Waals surface area contributed by atoms with Gasteiger partial charge in [-0.25, -0.2) is 9.59 Å². The summed E-state index contributed by atoms with van der Waals surface area (Å²) in [5.74, 6) is 0.751. The number of hydrogen-bond donors (Lipinski definition) is 0. The average Bonchev–Trinajstić information content (AvgIpc) is 3.25. The fourth-order valence-electron chi connectivity index (χ4n) is 3.76. The van der Waals surface area contributed by atoms with Crippen LogP contribution in [0.4, 0.5) is 4.79 Å². The molecule has 0 radical (unpaired) electrons. The first-order valence-corrected chi connectivity index (χ1v) is 8.01. The van der Waals surface area contributed by atoms with Gasteiger partial charge in [-0.3, -0.25) is 0 Å². The highest BCUT2D eigenvalue weighted by Gasteiger charge is 2.40. The molecule has 0 saturated heterocycles. The van der Waals surface area contributed by atoms with E-state index in [0.29, 0.717) is 16.9 Å². The van der Waals surface area contributed by atoms with Crippen LogP contribution in [0.3, 0.4) is 0 Å². The molecule has 2 aromatic rings. The van der Waals surface area contributed by atoms with Gasteiger partial charge in [-0.05, 0) is 6.42 Å². The predicted octanol–water partition coefficient (Wildman–Crippen LogP) is 4.22. The lowest BCUT2D eigenvalue weighted by Gasteiger charge is -2.21. The van der Waals surface area contributed by atoms with Crippen LogP contribution in [0.25, 0.3) is 10.8 Å². The van der Waals surface area contributed by atoms with Gasteiger partial charge in [-0.2, -0.15) is 0 Å². The highest BCUT2D eigenvalue weighted by molar-refractivity contribution is 6.00. The molecule has 25 heavy (non-hydrogen) atoms. The van der Waals surface area contributed by atoms with Crippen molar-refractivity contribution < 1.29 is 23.8 Å². The van der Waals surface area contributed by atoms with Crippen molar-refractivity contribution in [2.45, 2.75) is 18.3 Å². The summed E-state index contributed by atoms with van der Waals surface area (Å²) in [6, 6.07) is 7.39. The van der Waals surface area contributed by atoms with E-state index in [1.54, 1.807) is 0 Å². The Morgan fingerprint density at radius 1 is 1.04 bits per heavy atom. The Hall–Kier alpha value is -3.08. The molecule has 0 fully saturated rings. The van der Waals surface area contributed by atoms with Gasteiger partial charge >= 0.3 is 12.1 Å². The van der Waals surface area contributed by atoms with Gasteiger partial charge in [0, 0.05) is 39.8 Å². The molecule has 5 nitrogen and oxygen atoms in total. The van der Waals surface area contributed by atoms with E-state index in [-0.39, 0.29) is 11.8 Å². The molecule has 0 aromatic heterocycles. The lowest BCUT2D eigenvalue weighted by Crippen LogP contribution is -2.13. The van der Waals surface area contributed by atoms with Crippen LogP contribution >= 0.6 is 0 Å². The fraction of sp³-hybridized carbons (Fsp3) is 0.200. The Kier molecular flexibility index (Phi) is 3.57. The van der Waals surface area contributed by atoms with Crippen molar-refractivity contribution in [2.75, 3.05) is 7.11 Å². The molecule has 0 amide bonds. The molecular weight excluding hydrogens is 320 g/mol. The Balaban J connectivity index is 2.02. The molecule has 2 aromatic carbocycles. The van der Waals surface area contributed by atoms with Crippen molar-refractivity contribution in [3.8, 4) is 11.5 Å². The van der Waals surface area contributed by atoms with E-state index < -0.39 is 12.1 Å². The normalized spacial score (nSPS) is 19.6. The molecule has 2 aliphatic carbocycles. The standard InChI is InChI=1S/C20H16O5/c1-3-15(21)24-18-13-6-4-5-7-14(13)19(25-20(22)23-2)17-12-9-8-11(10-12)16(17)18/h3-9,11-12H,1,10H2,2H3. The largest absolute Gasteiger partial charge is 0.513 e. The molecule has 0 aliphatic heterocycles. The van der Waals surface area contributed by atoms with Crippen molar-refractivity contribution in [1.82, 2.24) is 0 Å². The van der Waals surface area contributed by atoms with Gasteiger partial charge in [0.1, 0.15) is 11.5 Å². The van der Waals surface area contributed by atoms with Crippen LogP contribution in [0.1, 0.15) is 29.4 Å². The monoisotopic (exact) mass is 336 g/mol. The van der Waals surface area contributed by atoms with Crippen molar-refractivity contribution in [3.05, 3.63) is 60.2 Å². The van der Waals surface area contributed by atoms with Gasteiger partial charge in [0.2, 0.25) is 0 Å². The summed E-state index contributed by atoms with van der Waals surface area (Å²) in [7, 11) is 1.27. The fourth-order valence-corrected chi connectivity index (χ4v) is 3.76. The molecule has 2 unspecified atom stereocenters. The van der Waals surface area contributed by atoms with Gasteiger partial charge in [0.25, 0.3) is 0 Å². The van der Waals surface area contributed by atoms with Gasteiger partial charge in [-0.15, -0.1) is 0 Å². The third kappa shape index (κ3) is 2.31. The van der Waals surface area contributed by atoms with Crippen molar-refractivity contribution in [1.29, 1.82) is 0 Å². The summed E-state index contributed by atoms with van der Waals surface area (Å²) in [6.07, 6.45) is 5.46. The molecule has 4 rings (SSSR count). The minimum atomic E-state index is -0.769. The van der Waals surface area contributed by atoms with Crippen LogP contribution < -0.4 is 9.47 Å². The number of fused-ring (bicyclic) bond motifs is 6. The third-order valence-electron chi connectivity index (χ3n) is 4.74. The summed E-state index contributed by atoms with van der Waals surface area (Å²) < 4.78 is 15.8. The first-order valence-electron chi connectivity index (χ1n) is 8.01. The molecule has 0 N–H and O–H groups in total. The quantitative estimate of drug-likeness (QED) is 0.276. The van der Waals surface area contributed by atoms with E-state index in [0.717, 1.165) is 29.0 Å². The molecule has 2 bridgehead atoms. The minimum absolute atomic E-state index is 0.130. The second-order valence-corrected chi connectivity index (χ2v) is 6.05. The lowest BCUT2D eigenvalue weighted by atomic mass is 9.90. The number of benzene rings is 2. The summed E-state index contributed by atoms with van der Waals surface area (Å²) in [5, 5.41) is 1.43. The van der Waals surface area contributed by atoms with Gasteiger partial charge in [0.15, 0.2) is 0 Å². The minimum Gasteiger partial charge on any atom is -0.437 e. The van der Waals surface area contributed by atoms with Gasteiger partial charge < -0.3 is 14.2 Å². The molecule has 5 heteroatoms. The average molecular weight is 336 g/mol. The van der Waals surface area contributed by atoms with Crippen molar-refractivity contribution >= 4 is 22.9 Å². The molecule has 2 atom stereocenters. The number of esters is 1. The zero-order valence-corrected chi connectivity index (χ0v) is 13.7. The van der Waals surface area contributed by atoms with E-state index in [2.05, 4.69) is 23.5 Å². The van der Waals surface area contributed by atoms with E-state index in [9.17, 15) is 9.59 Å². The molecular formula is C20H16O5. The van der Waals surface area contributed by atoms with Crippen LogP contribution in [0.15, 0.2) is 49.1 Å². The summed E-state index contributed by atoms with van der Waals surface area (Å²) >= 11 is 0. The maximum absolute atomic E-state index is 11.9. The molecule has 0 saturated carbocycles. The third-order valence-corrected chi connectivity index (χ3v) is 4.74. The number of hydrogen-bond acceptors (Lipinski definition) is 5. The van der Waals surface area contributed by atoms with Crippen molar-refractivity contribution in [2.24, 2.45) is 0 Å².